The van der Waals surface area contributed by atoms with Crippen molar-refractivity contribution in [3.8, 4) is 33.8 Å². The lowest BCUT2D eigenvalue weighted by Gasteiger charge is -2.26. The number of rotatable bonds is 10. The summed E-state index contributed by atoms with van der Waals surface area (Å²) in [4.78, 5) is 4.48. The van der Waals surface area contributed by atoms with Gasteiger partial charge in [0.1, 0.15) is 11.5 Å². The van der Waals surface area contributed by atoms with Crippen LogP contribution in [0.15, 0.2) is 182 Å². The van der Waals surface area contributed by atoms with Crippen LogP contribution in [0.4, 0.5) is 34.1 Å². The van der Waals surface area contributed by atoms with Crippen LogP contribution in [0.1, 0.15) is 0 Å². The summed E-state index contributed by atoms with van der Waals surface area (Å²) in [6, 6.07) is 63.3. The Kier molecular flexibility index (Phi) is 8.88. The molecule has 0 atom stereocenters. The lowest BCUT2D eigenvalue weighted by atomic mass is 9.99. The van der Waals surface area contributed by atoms with Crippen molar-refractivity contribution in [1.29, 1.82) is 0 Å². The maximum Gasteiger partial charge on any atom is 0.120 e. The second-order valence-corrected chi connectivity index (χ2v) is 11.4. The predicted molar refractivity (Wildman–Crippen MR) is 200 cm³/mol. The summed E-state index contributed by atoms with van der Waals surface area (Å²) in [5.41, 5.74) is 11.1. The van der Waals surface area contributed by atoms with Crippen LogP contribution < -0.4 is 19.3 Å². The zero-order valence-electron chi connectivity index (χ0n) is 27.0. The number of ether oxygens (including phenoxy) is 2. The van der Waals surface area contributed by atoms with E-state index in [9.17, 15) is 0 Å². The topological polar surface area (TPSA) is 24.9 Å². The highest BCUT2D eigenvalue weighted by atomic mass is 16.5. The van der Waals surface area contributed by atoms with E-state index in [0.29, 0.717) is 0 Å². The summed E-state index contributed by atoms with van der Waals surface area (Å²) in [5.74, 6) is 1.65. The molecule has 0 saturated carbocycles. The molecule has 7 aromatic rings. The number of para-hydroxylation sites is 2. The van der Waals surface area contributed by atoms with E-state index < -0.39 is 0 Å². The minimum absolute atomic E-state index is 0.824. The third-order valence-electron chi connectivity index (χ3n) is 8.45. The monoisotopic (exact) mass is 624 g/mol. The van der Waals surface area contributed by atoms with Crippen LogP contribution in [0, 0.1) is 0 Å². The lowest BCUT2D eigenvalue weighted by Crippen LogP contribution is -2.09. The molecule has 234 valence electrons. The number of nitrogens with zero attached hydrogens (tertiary/aromatic N) is 2. The van der Waals surface area contributed by atoms with E-state index in [4.69, 9.17) is 9.47 Å². The van der Waals surface area contributed by atoms with Gasteiger partial charge >= 0.3 is 0 Å². The third kappa shape index (κ3) is 6.51. The Bertz CT molecular complexity index is 1920. The predicted octanol–water partition coefficient (Wildman–Crippen LogP) is 12.0. The van der Waals surface area contributed by atoms with Crippen molar-refractivity contribution in [2.45, 2.75) is 0 Å². The highest BCUT2D eigenvalue weighted by molar-refractivity contribution is 5.81. The molecule has 0 aliphatic carbocycles. The molecule has 0 heterocycles. The number of hydrogen-bond acceptors (Lipinski definition) is 4. The summed E-state index contributed by atoms with van der Waals surface area (Å²) in [6.07, 6.45) is 0. The van der Waals surface area contributed by atoms with E-state index in [1.807, 2.05) is 36.4 Å². The van der Waals surface area contributed by atoms with Crippen molar-refractivity contribution in [2.24, 2.45) is 0 Å². The Morgan fingerprint density at radius 3 is 0.917 bits per heavy atom. The first-order valence-corrected chi connectivity index (χ1v) is 16.0. The van der Waals surface area contributed by atoms with E-state index in [2.05, 4.69) is 155 Å². The van der Waals surface area contributed by atoms with Crippen LogP contribution in [-0.2, 0) is 0 Å². The zero-order chi connectivity index (χ0) is 32.7. The highest BCUT2D eigenvalue weighted by Crippen LogP contribution is 2.39. The van der Waals surface area contributed by atoms with Gasteiger partial charge in [-0.2, -0.15) is 0 Å². The molecular weight excluding hydrogens is 588 g/mol. The van der Waals surface area contributed by atoms with Crippen molar-refractivity contribution in [2.75, 3.05) is 24.0 Å². The lowest BCUT2D eigenvalue weighted by molar-refractivity contribution is 0.415. The second-order valence-electron chi connectivity index (χ2n) is 11.4. The molecule has 4 nitrogen and oxygen atoms in total. The van der Waals surface area contributed by atoms with Crippen molar-refractivity contribution in [1.82, 2.24) is 0 Å². The summed E-state index contributed by atoms with van der Waals surface area (Å²) >= 11 is 0. The molecule has 0 bridgehead atoms. The molecular formula is C44H36N2O2. The van der Waals surface area contributed by atoms with Crippen LogP contribution in [0.5, 0.6) is 11.5 Å². The molecule has 0 aliphatic rings. The minimum Gasteiger partial charge on any atom is -0.497 e. The van der Waals surface area contributed by atoms with Gasteiger partial charge in [0.2, 0.25) is 0 Å². The third-order valence-corrected chi connectivity index (χ3v) is 8.45. The first-order chi connectivity index (χ1) is 23.7. The van der Waals surface area contributed by atoms with Crippen LogP contribution in [-0.4, -0.2) is 14.2 Å². The number of benzene rings is 7. The molecule has 0 aromatic heterocycles. The maximum atomic E-state index is 5.52. The minimum atomic E-state index is 0.824. The molecule has 7 aromatic carbocycles. The molecule has 0 spiro atoms. The Balaban J connectivity index is 1.13. The fourth-order valence-corrected chi connectivity index (χ4v) is 6.01. The summed E-state index contributed by atoms with van der Waals surface area (Å²) < 4.78 is 11.0. The smallest absolute Gasteiger partial charge is 0.120 e. The zero-order valence-corrected chi connectivity index (χ0v) is 27.0. The van der Waals surface area contributed by atoms with Crippen LogP contribution in [0.3, 0.4) is 0 Å². The first kappa shape index (κ1) is 30.4. The summed E-state index contributed by atoms with van der Waals surface area (Å²) in [6.45, 7) is 0. The molecule has 7 rings (SSSR count). The van der Waals surface area contributed by atoms with Gasteiger partial charge < -0.3 is 19.3 Å². The van der Waals surface area contributed by atoms with Gasteiger partial charge in [-0.25, -0.2) is 0 Å². The van der Waals surface area contributed by atoms with E-state index >= 15 is 0 Å². The van der Waals surface area contributed by atoms with Crippen molar-refractivity contribution in [3.63, 3.8) is 0 Å². The number of methoxy groups -OCH3 is 2. The SMILES string of the molecule is COc1cccc(N(c2ccccc2)c2ccc(-c3ccc(-c4ccc(N(c5ccccc5)c5cccc(OC)c5)cc4)cc3)cc2)c1. The van der Waals surface area contributed by atoms with Gasteiger partial charge in [0.05, 0.1) is 14.2 Å². The maximum absolute atomic E-state index is 5.52. The van der Waals surface area contributed by atoms with Crippen LogP contribution in [0.2, 0.25) is 0 Å². The highest BCUT2D eigenvalue weighted by Gasteiger charge is 2.15. The normalized spacial score (nSPS) is 10.7. The molecule has 0 unspecified atom stereocenters. The summed E-state index contributed by atoms with van der Waals surface area (Å²) in [7, 11) is 3.40. The average molecular weight is 625 g/mol. The molecule has 48 heavy (non-hydrogen) atoms. The van der Waals surface area contributed by atoms with E-state index in [0.717, 1.165) is 56.8 Å². The molecule has 4 heteroatoms. The van der Waals surface area contributed by atoms with Gasteiger partial charge in [-0.15, -0.1) is 0 Å². The van der Waals surface area contributed by atoms with E-state index in [1.165, 1.54) is 11.1 Å². The molecule has 0 aliphatic heterocycles. The molecule has 0 radical (unpaired) electrons. The Labute approximate surface area is 282 Å². The number of anilines is 6. The van der Waals surface area contributed by atoms with Gasteiger partial charge in [-0.05, 0) is 95.1 Å². The average Bonchev–Trinajstić information content (AvgIpc) is 3.17. The first-order valence-electron chi connectivity index (χ1n) is 16.0. The van der Waals surface area contributed by atoms with Crippen molar-refractivity contribution >= 4 is 34.1 Å². The number of hydrogen-bond donors (Lipinski definition) is 0. The van der Waals surface area contributed by atoms with Gasteiger partial charge in [-0.1, -0.05) is 97.1 Å². The largest absolute Gasteiger partial charge is 0.497 e. The molecule has 0 saturated heterocycles. The van der Waals surface area contributed by atoms with Gasteiger partial charge in [0, 0.05) is 46.3 Å². The van der Waals surface area contributed by atoms with Gasteiger partial charge in [-0.3, -0.25) is 0 Å². The van der Waals surface area contributed by atoms with Crippen LogP contribution in [0.25, 0.3) is 22.3 Å². The van der Waals surface area contributed by atoms with E-state index in [-0.39, 0.29) is 0 Å². The Morgan fingerprint density at radius 1 is 0.292 bits per heavy atom. The summed E-state index contributed by atoms with van der Waals surface area (Å²) in [5, 5.41) is 0. The fraction of sp³-hybridized carbons (Fsp3) is 0.0455. The molecule has 0 amide bonds. The van der Waals surface area contributed by atoms with Crippen LogP contribution >= 0.6 is 0 Å². The van der Waals surface area contributed by atoms with Crippen molar-refractivity contribution in [3.05, 3.63) is 182 Å². The molecule has 0 fully saturated rings. The Morgan fingerprint density at radius 2 is 0.583 bits per heavy atom. The fourth-order valence-electron chi connectivity index (χ4n) is 6.01. The second kappa shape index (κ2) is 14.0. The standard InChI is InChI=1S/C44H36N2O2/c1-47-43-17-9-15-41(31-43)45(37-11-5-3-6-12-37)39-27-23-35(24-28-39)33-19-21-34(22-20-33)36-25-29-40(30-26-36)46(38-13-7-4-8-14-38)42-16-10-18-44(32-42)48-2/h3-32H,1-2H3. The Hall–Kier alpha value is -6.26. The molecule has 0 N–H and O–H groups in total. The van der Waals surface area contributed by atoms with Gasteiger partial charge in [0.15, 0.2) is 0 Å². The van der Waals surface area contributed by atoms with Crippen molar-refractivity contribution < 1.29 is 9.47 Å². The van der Waals surface area contributed by atoms with Gasteiger partial charge in [0.25, 0.3) is 0 Å². The van der Waals surface area contributed by atoms with E-state index in [1.54, 1.807) is 14.2 Å². The quantitative estimate of drug-likeness (QED) is 0.151.